The predicted molar refractivity (Wildman–Crippen MR) is 128 cm³/mol. The smallest absolute Gasteiger partial charge is 0.336 e. The second-order valence-electron chi connectivity index (χ2n) is 10.3. The van der Waals surface area contributed by atoms with Crippen molar-refractivity contribution in [2.45, 2.75) is 70.8 Å². The highest BCUT2D eigenvalue weighted by molar-refractivity contribution is 6.05. The molecule has 1 aliphatic rings. The molecule has 4 rings (SSSR count). The molecular formula is C28H33NO2. The van der Waals surface area contributed by atoms with Gasteiger partial charge in [-0.25, -0.2) is 4.79 Å². The first-order valence-electron chi connectivity index (χ1n) is 11.2. The van der Waals surface area contributed by atoms with Crippen molar-refractivity contribution in [2.75, 3.05) is 0 Å². The van der Waals surface area contributed by atoms with E-state index in [0.29, 0.717) is 12.0 Å². The number of aromatic carboxylic acids is 1. The van der Waals surface area contributed by atoms with Gasteiger partial charge in [-0.05, 0) is 74.7 Å². The van der Waals surface area contributed by atoms with E-state index in [1.54, 1.807) is 0 Å². The van der Waals surface area contributed by atoms with E-state index < -0.39 is 5.97 Å². The Morgan fingerprint density at radius 3 is 2.19 bits per heavy atom. The van der Waals surface area contributed by atoms with E-state index in [-0.39, 0.29) is 16.9 Å². The van der Waals surface area contributed by atoms with Crippen molar-refractivity contribution in [1.29, 1.82) is 0 Å². The first-order chi connectivity index (χ1) is 14.5. The van der Waals surface area contributed by atoms with E-state index in [2.05, 4.69) is 45.9 Å². The highest BCUT2D eigenvalue weighted by Crippen LogP contribution is 2.46. The van der Waals surface area contributed by atoms with Crippen LogP contribution in [0.4, 0.5) is 0 Å². The Labute approximate surface area is 185 Å². The fourth-order valence-electron chi connectivity index (χ4n) is 5.13. The normalized spacial score (nSPS) is 17.9. The summed E-state index contributed by atoms with van der Waals surface area (Å²) in [5.74, 6) is -0.876. The van der Waals surface area contributed by atoms with Crippen LogP contribution in [0.25, 0.3) is 10.8 Å². The van der Waals surface area contributed by atoms with Gasteiger partial charge in [0.1, 0.15) is 0 Å². The van der Waals surface area contributed by atoms with Gasteiger partial charge in [0.05, 0.1) is 11.6 Å². The van der Waals surface area contributed by atoms with Crippen molar-refractivity contribution in [3.05, 3.63) is 81.9 Å². The maximum Gasteiger partial charge on any atom is 0.336 e. The largest absolute Gasteiger partial charge is 0.478 e. The fourth-order valence-corrected chi connectivity index (χ4v) is 5.13. The molecule has 3 aromatic rings. The first-order valence-corrected chi connectivity index (χ1v) is 11.2. The summed E-state index contributed by atoms with van der Waals surface area (Å²) in [4.78, 5) is 11.9. The van der Waals surface area contributed by atoms with Crippen molar-refractivity contribution >= 4 is 16.7 Å². The summed E-state index contributed by atoms with van der Waals surface area (Å²) in [6.07, 6.45) is 3.05. The molecule has 0 saturated carbocycles. The Kier molecular flexibility index (Phi) is 5.21. The van der Waals surface area contributed by atoms with Gasteiger partial charge in [0.25, 0.3) is 0 Å². The summed E-state index contributed by atoms with van der Waals surface area (Å²) in [7, 11) is 0. The number of carbonyl (C=O) groups is 1. The lowest BCUT2D eigenvalue weighted by atomic mass is 9.63. The average molecular weight is 416 g/mol. The van der Waals surface area contributed by atoms with Gasteiger partial charge in [0.2, 0.25) is 0 Å². The van der Waals surface area contributed by atoms with Crippen molar-refractivity contribution in [2.24, 2.45) is 5.73 Å². The van der Waals surface area contributed by atoms with Crippen LogP contribution in [0.1, 0.15) is 91.7 Å². The van der Waals surface area contributed by atoms with E-state index >= 15 is 0 Å². The van der Waals surface area contributed by atoms with Crippen LogP contribution >= 0.6 is 0 Å². The predicted octanol–water partition coefficient (Wildman–Crippen LogP) is 6.50. The van der Waals surface area contributed by atoms with Gasteiger partial charge in [-0.2, -0.15) is 0 Å². The SMILES string of the molecule is CCc1ccc2cc(C(N)c3ccc4c(c3)C(C)(C)CCC4(C)C)ccc2c1C(=O)O. The van der Waals surface area contributed by atoms with Crippen molar-refractivity contribution in [3.8, 4) is 0 Å². The van der Waals surface area contributed by atoms with Gasteiger partial charge < -0.3 is 10.8 Å². The third-order valence-corrected chi connectivity index (χ3v) is 7.32. The van der Waals surface area contributed by atoms with Crippen LogP contribution < -0.4 is 5.73 Å². The minimum atomic E-state index is -0.876. The summed E-state index contributed by atoms with van der Waals surface area (Å²) < 4.78 is 0. The molecule has 3 aromatic carbocycles. The van der Waals surface area contributed by atoms with Crippen LogP contribution in [0.5, 0.6) is 0 Å². The summed E-state index contributed by atoms with van der Waals surface area (Å²) in [5.41, 5.74) is 13.2. The highest BCUT2D eigenvalue weighted by Gasteiger charge is 2.37. The highest BCUT2D eigenvalue weighted by atomic mass is 16.4. The van der Waals surface area contributed by atoms with Crippen LogP contribution in [-0.2, 0) is 17.3 Å². The van der Waals surface area contributed by atoms with Gasteiger partial charge in [-0.1, -0.05) is 77.1 Å². The number of fused-ring (bicyclic) bond motifs is 2. The summed E-state index contributed by atoms with van der Waals surface area (Å²) in [6, 6.07) is 16.3. The molecule has 3 N–H and O–H groups in total. The quantitative estimate of drug-likeness (QED) is 0.511. The zero-order chi connectivity index (χ0) is 22.6. The third-order valence-electron chi connectivity index (χ3n) is 7.32. The number of carboxylic acid groups (broad SMARTS) is 1. The molecular weight excluding hydrogens is 382 g/mol. The average Bonchev–Trinajstić information content (AvgIpc) is 2.74. The van der Waals surface area contributed by atoms with E-state index in [9.17, 15) is 9.90 Å². The second kappa shape index (κ2) is 7.49. The summed E-state index contributed by atoms with van der Waals surface area (Å²) in [5, 5.41) is 11.4. The molecule has 0 radical (unpaired) electrons. The second-order valence-corrected chi connectivity index (χ2v) is 10.3. The minimum absolute atomic E-state index is 0.136. The zero-order valence-corrected chi connectivity index (χ0v) is 19.3. The molecule has 0 aliphatic heterocycles. The molecule has 0 amide bonds. The lowest BCUT2D eigenvalue weighted by molar-refractivity contribution is 0.0698. The lowest BCUT2D eigenvalue weighted by Gasteiger charge is -2.42. The molecule has 162 valence electrons. The first kappa shape index (κ1) is 21.6. The molecule has 1 unspecified atom stereocenters. The molecule has 31 heavy (non-hydrogen) atoms. The summed E-state index contributed by atoms with van der Waals surface area (Å²) >= 11 is 0. The fraction of sp³-hybridized carbons (Fsp3) is 0.393. The van der Waals surface area contributed by atoms with Gasteiger partial charge in [-0.15, -0.1) is 0 Å². The molecule has 1 atom stereocenters. The summed E-state index contributed by atoms with van der Waals surface area (Å²) in [6.45, 7) is 11.3. The number of rotatable bonds is 4. The van der Waals surface area contributed by atoms with E-state index in [0.717, 1.165) is 27.5 Å². The van der Waals surface area contributed by atoms with Crippen LogP contribution in [-0.4, -0.2) is 11.1 Å². The molecule has 1 aliphatic carbocycles. The third kappa shape index (κ3) is 3.65. The molecule has 3 heteroatoms. The van der Waals surface area contributed by atoms with Crippen LogP contribution in [0.15, 0.2) is 48.5 Å². The Morgan fingerprint density at radius 2 is 1.55 bits per heavy atom. The van der Waals surface area contributed by atoms with Crippen LogP contribution in [0.3, 0.4) is 0 Å². The monoisotopic (exact) mass is 415 g/mol. The van der Waals surface area contributed by atoms with Gasteiger partial charge in [-0.3, -0.25) is 0 Å². The molecule has 0 aromatic heterocycles. The molecule has 0 spiro atoms. The number of hydrogen-bond donors (Lipinski definition) is 2. The number of aryl methyl sites for hydroxylation is 1. The molecule has 0 bridgehead atoms. The van der Waals surface area contributed by atoms with Crippen molar-refractivity contribution in [1.82, 2.24) is 0 Å². The Bertz CT molecular complexity index is 1170. The van der Waals surface area contributed by atoms with Crippen molar-refractivity contribution < 1.29 is 9.90 Å². The lowest BCUT2D eigenvalue weighted by Crippen LogP contribution is -2.34. The Balaban J connectivity index is 1.78. The van der Waals surface area contributed by atoms with E-state index in [1.165, 1.54) is 24.0 Å². The zero-order valence-electron chi connectivity index (χ0n) is 19.3. The molecule has 0 fully saturated rings. The molecule has 0 saturated heterocycles. The van der Waals surface area contributed by atoms with Gasteiger partial charge in [0.15, 0.2) is 0 Å². The number of benzene rings is 3. The van der Waals surface area contributed by atoms with Crippen LogP contribution in [0, 0.1) is 0 Å². The number of nitrogens with two attached hydrogens (primary N) is 1. The van der Waals surface area contributed by atoms with Gasteiger partial charge in [0, 0.05) is 0 Å². The van der Waals surface area contributed by atoms with Crippen molar-refractivity contribution in [3.63, 3.8) is 0 Å². The standard InChI is InChI=1S/C28H33NO2/c1-6-17-7-8-18-15-19(9-11-21(18)24(17)26(30)31)25(29)20-10-12-22-23(16-20)28(4,5)14-13-27(22,2)3/h7-12,15-16,25H,6,13-14,29H2,1-5H3,(H,30,31). The molecule has 3 nitrogen and oxygen atoms in total. The van der Waals surface area contributed by atoms with Crippen LogP contribution in [0.2, 0.25) is 0 Å². The minimum Gasteiger partial charge on any atom is -0.478 e. The van der Waals surface area contributed by atoms with E-state index in [1.807, 2.05) is 37.3 Å². The Hall–Kier alpha value is -2.65. The number of carboxylic acids is 1. The maximum absolute atomic E-state index is 11.9. The van der Waals surface area contributed by atoms with E-state index in [4.69, 9.17) is 5.73 Å². The van der Waals surface area contributed by atoms with Gasteiger partial charge >= 0.3 is 5.97 Å². The topological polar surface area (TPSA) is 63.3 Å². The Morgan fingerprint density at radius 1 is 0.935 bits per heavy atom. The maximum atomic E-state index is 11.9. The number of hydrogen-bond acceptors (Lipinski definition) is 2. The molecule has 0 heterocycles.